The molecule has 3 heterocycles. The molecule has 1 aromatic carbocycles. The number of carbonyl (C=O) groups is 5. The minimum Gasteiger partial charge on any atom is -0.496 e. The number of ketones is 1. The van der Waals surface area contributed by atoms with E-state index < -0.39 is 47.7 Å². The van der Waals surface area contributed by atoms with Gasteiger partial charge in [0.25, 0.3) is 5.91 Å². The molecule has 232 valence electrons. The Hall–Kier alpha value is -3.89. The standard InChI is InChI=1S/C32H42N4O7/c1-32(2,3)31(41)43-17-25(37)23(14-18-12-13-33-28(18)38)35-29(39)27-20-9-6-5-8-19(20)16-36(27)30(40)24-15-21-22(34-24)10-7-11-26(21)42-4/h7,10-11,15,18-20,23,27,34H,5-6,8-9,12-14,16-17H2,1-4H3,(H,33,38)(H,35,39)/t18-,19-,20-,23-,27-/m0/s1. The maximum atomic E-state index is 14.1. The Morgan fingerprint density at radius 3 is 2.58 bits per heavy atom. The van der Waals surface area contributed by atoms with E-state index in [1.54, 1.807) is 38.8 Å². The van der Waals surface area contributed by atoms with E-state index in [1.807, 2.05) is 18.2 Å². The average molecular weight is 595 g/mol. The number of Topliss-reactive ketones (excluding diaryl/α,β-unsaturated/α-hetero) is 1. The zero-order valence-corrected chi connectivity index (χ0v) is 25.4. The molecule has 1 aliphatic carbocycles. The molecule has 11 heteroatoms. The topological polar surface area (TPSA) is 147 Å². The summed E-state index contributed by atoms with van der Waals surface area (Å²) in [6.45, 7) is 5.51. The van der Waals surface area contributed by atoms with Gasteiger partial charge in [-0.2, -0.15) is 0 Å². The van der Waals surface area contributed by atoms with Crippen LogP contribution >= 0.6 is 0 Å². The van der Waals surface area contributed by atoms with Crippen LogP contribution in [-0.4, -0.2) is 78.2 Å². The number of nitrogens with zero attached hydrogens (tertiary/aromatic N) is 1. The summed E-state index contributed by atoms with van der Waals surface area (Å²) < 4.78 is 10.7. The fourth-order valence-corrected chi connectivity index (χ4v) is 6.73. The molecule has 1 saturated carbocycles. The van der Waals surface area contributed by atoms with Crippen LogP contribution < -0.4 is 15.4 Å². The number of hydrogen-bond donors (Lipinski definition) is 3. The molecule has 1 aromatic heterocycles. The van der Waals surface area contributed by atoms with Crippen LogP contribution in [-0.2, 0) is 23.9 Å². The molecule has 11 nitrogen and oxygen atoms in total. The van der Waals surface area contributed by atoms with Crippen molar-refractivity contribution in [3.05, 3.63) is 30.0 Å². The van der Waals surface area contributed by atoms with Crippen molar-refractivity contribution in [3.63, 3.8) is 0 Å². The first-order valence-electron chi connectivity index (χ1n) is 15.2. The van der Waals surface area contributed by atoms with Crippen molar-refractivity contribution in [1.29, 1.82) is 0 Å². The maximum Gasteiger partial charge on any atom is 0.311 e. The second kappa shape index (κ2) is 12.4. The minimum atomic E-state index is -1.04. The second-order valence-corrected chi connectivity index (χ2v) is 13.1. The second-order valence-electron chi connectivity index (χ2n) is 13.1. The van der Waals surface area contributed by atoms with Gasteiger partial charge in [0, 0.05) is 29.9 Å². The maximum absolute atomic E-state index is 14.1. The normalized spacial score (nSPS) is 24.3. The molecule has 5 rings (SSSR count). The SMILES string of the molecule is COc1cccc2[nH]c(C(=O)N3C[C@@H]4CCCC[C@@H]4[C@H]3C(=O)N[C@@H](C[C@@H]3CCNC3=O)C(=O)COC(=O)C(C)(C)C)cc12. The molecule has 0 bridgehead atoms. The average Bonchev–Trinajstić information content (AvgIpc) is 3.70. The molecule has 0 spiro atoms. The third kappa shape index (κ3) is 6.40. The van der Waals surface area contributed by atoms with Gasteiger partial charge in [0.1, 0.15) is 17.5 Å². The highest BCUT2D eigenvalue weighted by atomic mass is 16.5. The smallest absolute Gasteiger partial charge is 0.311 e. The van der Waals surface area contributed by atoms with Gasteiger partial charge in [-0.1, -0.05) is 18.9 Å². The minimum absolute atomic E-state index is 0.0409. The molecule has 43 heavy (non-hydrogen) atoms. The summed E-state index contributed by atoms with van der Waals surface area (Å²) in [5.41, 5.74) is 0.323. The van der Waals surface area contributed by atoms with Crippen LogP contribution in [0.2, 0.25) is 0 Å². The van der Waals surface area contributed by atoms with Crippen LogP contribution in [0.4, 0.5) is 0 Å². The number of amides is 3. The molecule has 3 N–H and O–H groups in total. The van der Waals surface area contributed by atoms with Gasteiger partial charge in [-0.15, -0.1) is 0 Å². The Morgan fingerprint density at radius 2 is 1.88 bits per heavy atom. The van der Waals surface area contributed by atoms with Crippen LogP contribution in [0.15, 0.2) is 24.3 Å². The number of methoxy groups -OCH3 is 1. The number of benzene rings is 1. The zero-order chi connectivity index (χ0) is 30.9. The summed E-state index contributed by atoms with van der Waals surface area (Å²) in [4.78, 5) is 71.0. The lowest BCUT2D eigenvalue weighted by molar-refractivity contribution is -0.156. The number of fused-ring (bicyclic) bond motifs is 2. The van der Waals surface area contributed by atoms with Crippen molar-refractivity contribution in [2.45, 2.75) is 71.4 Å². The molecule has 0 radical (unpaired) electrons. The number of H-pyrrole nitrogens is 1. The summed E-state index contributed by atoms with van der Waals surface area (Å²) >= 11 is 0. The summed E-state index contributed by atoms with van der Waals surface area (Å²) in [6, 6.07) is 5.48. The van der Waals surface area contributed by atoms with Crippen molar-refractivity contribution >= 4 is 40.4 Å². The van der Waals surface area contributed by atoms with Crippen molar-refractivity contribution in [2.24, 2.45) is 23.2 Å². The van der Waals surface area contributed by atoms with Gasteiger partial charge in [-0.25, -0.2) is 0 Å². The molecular weight excluding hydrogens is 552 g/mol. The molecule has 3 amide bonds. The number of ether oxygens (including phenoxy) is 2. The van der Waals surface area contributed by atoms with Crippen molar-refractivity contribution in [3.8, 4) is 5.75 Å². The Labute approximate surface area is 251 Å². The third-order valence-electron chi connectivity index (χ3n) is 9.09. The van der Waals surface area contributed by atoms with Crippen molar-refractivity contribution in [1.82, 2.24) is 20.5 Å². The predicted octanol–water partition coefficient (Wildman–Crippen LogP) is 2.98. The Kier molecular flexibility index (Phi) is 8.80. The van der Waals surface area contributed by atoms with E-state index in [9.17, 15) is 24.0 Å². The number of esters is 1. The lowest BCUT2D eigenvalue weighted by atomic mass is 9.78. The first-order valence-corrected chi connectivity index (χ1v) is 15.2. The van der Waals surface area contributed by atoms with Crippen LogP contribution in [0.1, 0.15) is 69.8 Å². The predicted molar refractivity (Wildman–Crippen MR) is 158 cm³/mol. The third-order valence-corrected chi connectivity index (χ3v) is 9.09. The van der Waals surface area contributed by atoms with Gasteiger partial charge in [-0.3, -0.25) is 24.0 Å². The number of nitrogens with one attached hydrogen (secondary N) is 3. The van der Waals surface area contributed by atoms with E-state index in [0.29, 0.717) is 31.0 Å². The van der Waals surface area contributed by atoms with Gasteiger partial charge >= 0.3 is 5.97 Å². The van der Waals surface area contributed by atoms with Crippen LogP contribution in [0.3, 0.4) is 0 Å². The number of aromatic nitrogens is 1. The van der Waals surface area contributed by atoms with Crippen LogP contribution in [0.25, 0.3) is 10.9 Å². The van der Waals surface area contributed by atoms with Gasteiger partial charge < -0.3 is 30.0 Å². The van der Waals surface area contributed by atoms with Crippen molar-refractivity contribution in [2.75, 3.05) is 26.8 Å². The monoisotopic (exact) mass is 594 g/mol. The summed E-state index contributed by atoms with van der Waals surface area (Å²) in [6.07, 6.45) is 4.37. The van der Waals surface area contributed by atoms with E-state index in [2.05, 4.69) is 15.6 Å². The van der Waals surface area contributed by atoms with E-state index in [-0.39, 0.29) is 30.1 Å². The Morgan fingerprint density at radius 1 is 1.12 bits per heavy atom. The number of hydrogen-bond acceptors (Lipinski definition) is 7. The highest BCUT2D eigenvalue weighted by Gasteiger charge is 2.49. The van der Waals surface area contributed by atoms with E-state index >= 15 is 0 Å². The lowest BCUT2D eigenvalue weighted by Gasteiger charge is -2.31. The summed E-state index contributed by atoms with van der Waals surface area (Å²) in [5, 5.41) is 6.45. The molecule has 2 aliphatic heterocycles. The molecule has 3 aliphatic rings. The summed E-state index contributed by atoms with van der Waals surface area (Å²) in [5.74, 6) is -1.56. The molecule has 2 aromatic rings. The van der Waals surface area contributed by atoms with Crippen molar-refractivity contribution < 1.29 is 33.4 Å². The number of likely N-dealkylation sites (tertiary alicyclic amines) is 1. The number of aromatic amines is 1. The fraction of sp³-hybridized carbons (Fsp3) is 0.594. The molecular formula is C32H42N4O7. The number of rotatable bonds is 9. The van der Waals surface area contributed by atoms with Crippen LogP contribution in [0.5, 0.6) is 5.75 Å². The highest BCUT2D eigenvalue weighted by Crippen LogP contribution is 2.41. The Balaban J connectivity index is 1.39. The molecule has 5 atom stereocenters. The molecule has 0 unspecified atom stereocenters. The van der Waals surface area contributed by atoms with Gasteiger partial charge in [-0.05, 0) is 76.5 Å². The lowest BCUT2D eigenvalue weighted by Crippen LogP contribution is -2.54. The first kappa shape index (κ1) is 30.6. The van der Waals surface area contributed by atoms with E-state index in [4.69, 9.17) is 9.47 Å². The molecule has 2 saturated heterocycles. The Bertz CT molecular complexity index is 1410. The summed E-state index contributed by atoms with van der Waals surface area (Å²) in [7, 11) is 1.58. The van der Waals surface area contributed by atoms with Gasteiger partial charge in [0.05, 0.1) is 18.6 Å². The quantitative estimate of drug-likeness (QED) is 0.378. The largest absolute Gasteiger partial charge is 0.496 e. The number of carbonyl (C=O) groups excluding carboxylic acids is 5. The van der Waals surface area contributed by atoms with Crippen LogP contribution in [0, 0.1) is 23.2 Å². The first-order chi connectivity index (χ1) is 20.5. The highest BCUT2D eigenvalue weighted by molar-refractivity contribution is 6.02. The van der Waals surface area contributed by atoms with E-state index in [0.717, 1.165) is 36.6 Å². The fourth-order valence-electron chi connectivity index (χ4n) is 6.73. The molecule has 3 fully saturated rings. The zero-order valence-electron chi connectivity index (χ0n) is 25.4. The van der Waals surface area contributed by atoms with Gasteiger partial charge in [0.2, 0.25) is 11.8 Å². The van der Waals surface area contributed by atoms with E-state index in [1.165, 1.54) is 0 Å². The van der Waals surface area contributed by atoms with Gasteiger partial charge in [0.15, 0.2) is 12.4 Å².